The molecule has 0 bridgehead atoms. The molecule has 0 aliphatic carbocycles. The monoisotopic (exact) mass is 257 g/mol. The molecule has 0 amide bonds. The van der Waals surface area contributed by atoms with E-state index >= 15 is 0 Å². The van der Waals surface area contributed by atoms with Crippen LogP contribution >= 0.6 is 11.3 Å². The van der Waals surface area contributed by atoms with E-state index in [-0.39, 0.29) is 20.1 Å². The molecular weight excluding hydrogens is 250 g/mol. The van der Waals surface area contributed by atoms with Crippen LogP contribution < -0.4 is 16.0 Å². The van der Waals surface area contributed by atoms with Crippen LogP contribution in [-0.4, -0.2) is 22.6 Å². The van der Waals surface area contributed by atoms with Crippen molar-refractivity contribution in [2.24, 2.45) is 7.05 Å². The molecule has 0 unspecified atom stereocenters. The van der Waals surface area contributed by atoms with E-state index in [4.69, 9.17) is 0 Å². The first-order valence-electron chi connectivity index (χ1n) is 4.41. The lowest BCUT2D eigenvalue weighted by molar-refractivity contribution is -0.575. The zero-order valence-electron chi connectivity index (χ0n) is 8.84. The van der Waals surface area contributed by atoms with Gasteiger partial charge in [0.2, 0.25) is 0 Å². The summed E-state index contributed by atoms with van der Waals surface area (Å²) in [7, 11) is 2.51. The highest BCUT2D eigenvalue weighted by Gasteiger charge is 2.28. The van der Waals surface area contributed by atoms with Gasteiger partial charge in [0.15, 0.2) is 4.83 Å². The second kappa shape index (κ2) is 3.70. The normalized spacial score (nSPS) is 10.7. The number of fused-ring (bicyclic) bond motifs is 1. The molecule has 2 rings (SSSR count). The zero-order valence-corrected chi connectivity index (χ0v) is 9.66. The second-order valence-corrected chi connectivity index (χ2v) is 4.14. The summed E-state index contributed by atoms with van der Waals surface area (Å²) in [5.41, 5.74) is -1.76. The molecule has 0 fully saturated rings. The number of nitrogens with one attached hydrogen (secondary N) is 1. The Balaban J connectivity index is 2.97. The van der Waals surface area contributed by atoms with Crippen LogP contribution in [0.5, 0.6) is 0 Å². The molecule has 9 heteroatoms. The molecule has 1 N–H and O–H groups in total. The highest BCUT2D eigenvalue weighted by atomic mass is 32.1. The van der Waals surface area contributed by atoms with E-state index in [0.29, 0.717) is 0 Å². The van der Waals surface area contributed by atoms with E-state index in [0.717, 1.165) is 23.0 Å². The first-order valence-corrected chi connectivity index (χ1v) is 5.22. The summed E-state index contributed by atoms with van der Waals surface area (Å²) >= 11 is 0.730. The highest BCUT2D eigenvalue weighted by molar-refractivity contribution is 7.19. The molecule has 0 spiro atoms. The molecule has 0 saturated heterocycles. The third-order valence-corrected chi connectivity index (χ3v) is 3.37. The Labute approximate surface area is 97.3 Å². The first-order chi connectivity index (χ1) is 7.97. The van der Waals surface area contributed by atoms with Crippen LogP contribution in [0.3, 0.4) is 0 Å². The van der Waals surface area contributed by atoms with Crippen LogP contribution in [0.2, 0.25) is 0 Å². The number of thiazole rings is 1. The predicted molar refractivity (Wildman–Crippen MR) is 58.0 cm³/mol. The molecule has 0 aromatic carbocycles. The van der Waals surface area contributed by atoms with Crippen molar-refractivity contribution in [3.05, 3.63) is 31.1 Å². The molecule has 90 valence electrons. The minimum Gasteiger partial charge on any atom is -0.617 e. The maximum absolute atomic E-state index is 11.7. The van der Waals surface area contributed by atoms with Crippen molar-refractivity contribution in [2.45, 2.75) is 0 Å². The Bertz CT molecular complexity index is 725. The van der Waals surface area contributed by atoms with Gasteiger partial charge in [-0.2, -0.15) is 0 Å². The summed E-state index contributed by atoms with van der Waals surface area (Å²) in [5.74, 6) is -0.854. The molecule has 0 aliphatic heterocycles. The molecule has 0 radical (unpaired) electrons. The van der Waals surface area contributed by atoms with E-state index < -0.39 is 17.2 Å². The van der Waals surface area contributed by atoms with Crippen molar-refractivity contribution in [1.82, 2.24) is 9.55 Å². The van der Waals surface area contributed by atoms with Crippen LogP contribution in [0, 0.1) is 5.21 Å². The average Bonchev–Trinajstić information content (AvgIpc) is 2.64. The van der Waals surface area contributed by atoms with Crippen molar-refractivity contribution >= 4 is 27.7 Å². The van der Waals surface area contributed by atoms with E-state index in [2.05, 4.69) is 4.74 Å². The minimum absolute atomic E-state index is 0.120. The van der Waals surface area contributed by atoms with Crippen LogP contribution in [0.1, 0.15) is 9.80 Å². The summed E-state index contributed by atoms with van der Waals surface area (Å²) in [4.78, 5) is 36.1. The van der Waals surface area contributed by atoms with Crippen molar-refractivity contribution in [1.29, 1.82) is 0 Å². The Morgan fingerprint density at radius 2 is 2.18 bits per heavy atom. The van der Waals surface area contributed by atoms with Gasteiger partial charge in [0.25, 0.3) is 0 Å². The summed E-state index contributed by atoms with van der Waals surface area (Å²) in [5, 5.41) is 11.4. The summed E-state index contributed by atoms with van der Waals surface area (Å²) in [6.07, 6.45) is 0. The number of hydrogen-bond acceptors (Lipinski definition) is 6. The van der Waals surface area contributed by atoms with Crippen LogP contribution in [0.15, 0.2) is 9.59 Å². The van der Waals surface area contributed by atoms with Gasteiger partial charge in [0.1, 0.15) is 0 Å². The smallest absolute Gasteiger partial charge is 0.416 e. The maximum Gasteiger partial charge on any atom is 0.416 e. The average molecular weight is 257 g/mol. The zero-order chi connectivity index (χ0) is 12.7. The van der Waals surface area contributed by atoms with Gasteiger partial charge in [0.05, 0.1) is 7.11 Å². The number of aryl methyl sites for hydroxylation is 1. The number of carbonyl (C=O) groups excluding carboxylic acids is 1. The van der Waals surface area contributed by atoms with Crippen molar-refractivity contribution in [3.8, 4) is 0 Å². The Kier molecular flexibility index (Phi) is 2.46. The van der Waals surface area contributed by atoms with Crippen molar-refractivity contribution in [2.75, 3.05) is 7.11 Å². The van der Waals surface area contributed by atoms with Crippen LogP contribution in [0.4, 0.5) is 0 Å². The fourth-order valence-electron chi connectivity index (χ4n) is 1.33. The lowest BCUT2D eigenvalue weighted by atomic mass is 10.5. The fraction of sp³-hybridized carbons (Fsp3) is 0.250. The highest BCUT2D eigenvalue weighted by Crippen LogP contribution is 2.15. The topological polar surface area (TPSA) is 108 Å². The van der Waals surface area contributed by atoms with Gasteiger partial charge in [-0.05, 0) is 11.3 Å². The van der Waals surface area contributed by atoms with Crippen molar-refractivity contribution in [3.63, 3.8) is 0 Å². The van der Waals surface area contributed by atoms with E-state index in [1.807, 2.05) is 4.98 Å². The fourth-order valence-corrected chi connectivity index (χ4v) is 2.35. The van der Waals surface area contributed by atoms with Gasteiger partial charge in [-0.1, -0.05) is 0 Å². The first kappa shape index (κ1) is 11.3. The molecule has 0 aliphatic rings. The SMILES string of the molecule is COC(=O)c1sc2c(c(=O)[nH]c(=O)n2C)[n+]1[O-]. The number of methoxy groups -OCH3 is 1. The summed E-state index contributed by atoms with van der Waals surface area (Å²) in [6.45, 7) is 0. The van der Waals surface area contributed by atoms with E-state index in [9.17, 15) is 19.6 Å². The number of esters is 1. The molecule has 2 aromatic rings. The molecule has 0 saturated carbocycles. The van der Waals surface area contributed by atoms with E-state index in [1.165, 1.54) is 7.05 Å². The van der Waals surface area contributed by atoms with E-state index in [1.54, 1.807) is 0 Å². The Hall–Kier alpha value is -2.16. The quantitative estimate of drug-likeness (QED) is 0.388. The number of rotatable bonds is 1. The largest absolute Gasteiger partial charge is 0.617 e. The summed E-state index contributed by atoms with van der Waals surface area (Å²) in [6, 6.07) is 0. The number of hydrogen-bond donors (Lipinski definition) is 1. The number of aromatic nitrogens is 3. The number of aromatic amines is 1. The predicted octanol–water partition coefficient (Wildman–Crippen LogP) is -1.29. The van der Waals surface area contributed by atoms with Crippen LogP contribution in [0.25, 0.3) is 10.3 Å². The van der Waals surface area contributed by atoms with Gasteiger partial charge in [0, 0.05) is 7.05 Å². The Morgan fingerprint density at radius 3 is 2.76 bits per heavy atom. The third kappa shape index (κ3) is 1.51. The second-order valence-electron chi connectivity index (χ2n) is 3.17. The maximum atomic E-state index is 11.7. The molecular formula is C8H7N3O5S. The molecule has 17 heavy (non-hydrogen) atoms. The Morgan fingerprint density at radius 1 is 1.53 bits per heavy atom. The van der Waals surface area contributed by atoms with Gasteiger partial charge in [-0.3, -0.25) is 14.3 Å². The standard InChI is InChI=1S/C8H7N3O5S/c1-10-5-3(4(12)9-8(10)14)11(15)6(17-5)7(13)16-2/h1-2H3,(H,9,12,14). The number of carbonyl (C=O) groups is 1. The van der Waals surface area contributed by atoms with Crippen molar-refractivity contribution < 1.29 is 14.3 Å². The third-order valence-electron chi connectivity index (χ3n) is 2.19. The molecule has 0 atom stereocenters. The number of H-pyrrole nitrogens is 1. The lowest BCUT2D eigenvalue weighted by Crippen LogP contribution is -2.38. The summed E-state index contributed by atoms with van der Waals surface area (Å²) < 4.78 is 5.66. The van der Waals surface area contributed by atoms with Crippen LogP contribution in [-0.2, 0) is 11.8 Å². The minimum atomic E-state index is -0.854. The van der Waals surface area contributed by atoms with Gasteiger partial charge in [-0.15, -0.1) is 4.73 Å². The number of ether oxygens (including phenoxy) is 1. The molecule has 2 aromatic heterocycles. The van der Waals surface area contributed by atoms with Gasteiger partial charge in [-0.25, -0.2) is 9.59 Å². The molecule has 8 nitrogen and oxygen atoms in total. The number of nitrogens with zero attached hydrogens (tertiary/aromatic N) is 2. The van der Waals surface area contributed by atoms with Gasteiger partial charge < -0.3 is 9.94 Å². The lowest BCUT2D eigenvalue weighted by Gasteiger charge is -1.96. The molecule has 2 heterocycles. The van der Waals surface area contributed by atoms with Gasteiger partial charge >= 0.3 is 27.7 Å².